The molecule has 10 atom stereocenters. The van der Waals surface area contributed by atoms with Gasteiger partial charge in [-0.15, -0.1) is 0 Å². The lowest BCUT2D eigenvalue weighted by Gasteiger charge is -2.59. The minimum absolute atomic E-state index is 0.0203. The second kappa shape index (κ2) is 8.77. The van der Waals surface area contributed by atoms with Crippen molar-refractivity contribution in [3.63, 3.8) is 0 Å². The summed E-state index contributed by atoms with van der Waals surface area (Å²) >= 11 is 0. The van der Waals surface area contributed by atoms with E-state index in [4.69, 9.17) is 15.6 Å². The van der Waals surface area contributed by atoms with E-state index in [1.807, 2.05) is 0 Å². The number of ether oxygens (including phenoxy) is 1. The first kappa shape index (κ1) is 23.8. The molecule has 4 rings (SSSR count). The van der Waals surface area contributed by atoms with Crippen molar-refractivity contribution in [1.29, 1.82) is 0 Å². The van der Waals surface area contributed by atoms with Crippen molar-refractivity contribution in [2.75, 3.05) is 0 Å². The fourth-order valence-corrected chi connectivity index (χ4v) is 8.46. The standard InChI is InChI=1S/C27H43NO4/c1-16(5-10-24(29)30)21-8-9-22-20-7-6-18-15-19(32-25(31)17(2)28)11-13-26(18,3)23(20)12-14-27(21,22)4/h12,14,16-23H,5-11,13,15,28H2,1-4H3,(H,29,30)/t16-,17+,18-,19-,20+,21?,22+,23+,26+,27-/m1/s1. The van der Waals surface area contributed by atoms with Crippen LogP contribution in [0.1, 0.15) is 85.5 Å². The van der Waals surface area contributed by atoms with E-state index in [0.29, 0.717) is 29.6 Å². The molecule has 0 saturated heterocycles. The molecule has 3 saturated carbocycles. The Hall–Kier alpha value is -1.36. The Bertz CT molecular complexity index is 763. The highest BCUT2D eigenvalue weighted by Crippen LogP contribution is 2.66. The lowest BCUT2D eigenvalue weighted by molar-refractivity contribution is -0.158. The number of hydrogen-bond donors (Lipinski definition) is 2. The van der Waals surface area contributed by atoms with Crippen LogP contribution in [0.3, 0.4) is 0 Å². The Morgan fingerprint density at radius 1 is 1.16 bits per heavy atom. The topological polar surface area (TPSA) is 89.6 Å². The number of carboxylic acids is 1. The second-order valence-corrected chi connectivity index (χ2v) is 12.0. The van der Waals surface area contributed by atoms with E-state index in [-0.39, 0.29) is 29.3 Å². The molecule has 1 unspecified atom stereocenters. The van der Waals surface area contributed by atoms with Gasteiger partial charge in [-0.3, -0.25) is 9.59 Å². The number of esters is 1. The van der Waals surface area contributed by atoms with E-state index in [2.05, 4.69) is 32.9 Å². The van der Waals surface area contributed by atoms with Gasteiger partial charge >= 0.3 is 11.9 Å². The molecule has 3 fully saturated rings. The summed E-state index contributed by atoms with van der Waals surface area (Å²) in [6.07, 6.45) is 14.2. The van der Waals surface area contributed by atoms with Gasteiger partial charge in [0.25, 0.3) is 0 Å². The zero-order valence-electron chi connectivity index (χ0n) is 20.4. The molecular formula is C27H43NO4. The van der Waals surface area contributed by atoms with Gasteiger partial charge in [-0.05, 0) is 105 Å². The number of allylic oxidation sites excluding steroid dienone is 2. The van der Waals surface area contributed by atoms with Crippen LogP contribution < -0.4 is 5.73 Å². The van der Waals surface area contributed by atoms with Crippen LogP contribution in [0.25, 0.3) is 0 Å². The molecule has 3 N–H and O–H groups in total. The fraction of sp³-hybridized carbons (Fsp3) is 0.852. The molecule has 0 amide bonds. The van der Waals surface area contributed by atoms with Crippen LogP contribution in [-0.4, -0.2) is 29.2 Å². The molecule has 4 aliphatic carbocycles. The van der Waals surface area contributed by atoms with Crippen LogP contribution in [0.15, 0.2) is 12.2 Å². The van der Waals surface area contributed by atoms with Crippen molar-refractivity contribution < 1.29 is 19.4 Å². The maximum Gasteiger partial charge on any atom is 0.322 e. The first-order chi connectivity index (χ1) is 15.1. The van der Waals surface area contributed by atoms with Crippen molar-refractivity contribution in [1.82, 2.24) is 0 Å². The highest BCUT2D eigenvalue weighted by atomic mass is 16.5. The molecule has 0 aromatic heterocycles. The summed E-state index contributed by atoms with van der Waals surface area (Å²) in [7, 11) is 0. The average molecular weight is 446 g/mol. The Balaban J connectivity index is 1.48. The Labute approximate surface area is 193 Å². The summed E-state index contributed by atoms with van der Waals surface area (Å²) in [6.45, 7) is 8.91. The third-order valence-electron chi connectivity index (χ3n) is 10.3. The number of aliphatic carboxylic acids is 1. The third kappa shape index (κ3) is 4.03. The predicted molar refractivity (Wildman–Crippen MR) is 125 cm³/mol. The van der Waals surface area contributed by atoms with Gasteiger partial charge in [0.2, 0.25) is 0 Å². The molecule has 5 heteroatoms. The zero-order valence-corrected chi connectivity index (χ0v) is 20.4. The van der Waals surface area contributed by atoms with Gasteiger partial charge < -0.3 is 15.6 Å². The van der Waals surface area contributed by atoms with Gasteiger partial charge in [-0.2, -0.15) is 0 Å². The fourth-order valence-electron chi connectivity index (χ4n) is 8.46. The molecule has 0 aromatic rings. The Morgan fingerprint density at radius 3 is 2.59 bits per heavy atom. The van der Waals surface area contributed by atoms with Crippen molar-refractivity contribution in [3.8, 4) is 0 Å². The van der Waals surface area contributed by atoms with Crippen molar-refractivity contribution >= 4 is 11.9 Å². The lowest BCUT2D eigenvalue weighted by Crippen LogP contribution is -2.52. The summed E-state index contributed by atoms with van der Waals surface area (Å²) in [5, 5.41) is 9.14. The minimum Gasteiger partial charge on any atom is -0.481 e. The molecule has 0 bridgehead atoms. The number of carbonyl (C=O) groups is 2. The quantitative estimate of drug-likeness (QED) is 0.434. The number of carboxylic acid groups (broad SMARTS) is 1. The van der Waals surface area contributed by atoms with Crippen LogP contribution in [-0.2, 0) is 14.3 Å². The smallest absolute Gasteiger partial charge is 0.322 e. The van der Waals surface area contributed by atoms with Crippen LogP contribution in [0.5, 0.6) is 0 Å². The highest BCUT2D eigenvalue weighted by Gasteiger charge is 2.59. The van der Waals surface area contributed by atoms with E-state index >= 15 is 0 Å². The SMILES string of the molecule is C[C@H](N)C(=O)O[C@@H]1CC[C@@]2(C)[C@H](CC[C@@H]3[C@@H]2C=C[C@]2(C)C([C@H](C)CCC(=O)O)CC[C@@H]32)C1. The Morgan fingerprint density at radius 2 is 1.91 bits per heavy atom. The van der Waals surface area contributed by atoms with Crippen molar-refractivity contribution in [2.24, 2.45) is 52.1 Å². The summed E-state index contributed by atoms with van der Waals surface area (Å²) in [5.41, 5.74) is 6.20. The van der Waals surface area contributed by atoms with E-state index < -0.39 is 12.0 Å². The number of nitrogens with two attached hydrogens (primary N) is 1. The number of carbonyl (C=O) groups excluding carboxylic acids is 1. The monoisotopic (exact) mass is 445 g/mol. The molecule has 180 valence electrons. The van der Waals surface area contributed by atoms with Gasteiger partial charge in [0.15, 0.2) is 0 Å². The van der Waals surface area contributed by atoms with Crippen molar-refractivity contribution in [2.45, 2.75) is 97.6 Å². The van der Waals surface area contributed by atoms with Crippen LogP contribution in [0.4, 0.5) is 0 Å². The normalized spacial score (nSPS) is 44.7. The summed E-state index contributed by atoms with van der Waals surface area (Å²) in [6, 6.07) is -0.550. The van der Waals surface area contributed by atoms with Crippen LogP contribution >= 0.6 is 0 Å². The van der Waals surface area contributed by atoms with E-state index in [1.54, 1.807) is 6.92 Å². The van der Waals surface area contributed by atoms with E-state index in [9.17, 15) is 9.59 Å². The molecule has 32 heavy (non-hydrogen) atoms. The van der Waals surface area contributed by atoms with Crippen LogP contribution in [0, 0.1) is 46.3 Å². The molecule has 0 spiro atoms. The van der Waals surface area contributed by atoms with Crippen LogP contribution in [0.2, 0.25) is 0 Å². The Kier molecular flexibility index (Phi) is 6.52. The average Bonchev–Trinajstić information content (AvgIpc) is 3.09. The third-order valence-corrected chi connectivity index (χ3v) is 10.3. The highest BCUT2D eigenvalue weighted by molar-refractivity contribution is 5.75. The minimum atomic E-state index is -0.677. The maximum absolute atomic E-state index is 12.0. The largest absolute Gasteiger partial charge is 0.481 e. The lowest BCUT2D eigenvalue weighted by atomic mass is 9.46. The predicted octanol–water partition coefficient (Wildman–Crippen LogP) is 5.18. The van der Waals surface area contributed by atoms with Gasteiger partial charge in [0.1, 0.15) is 12.1 Å². The second-order valence-electron chi connectivity index (χ2n) is 12.0. The molecule has 0 aromatic carbocycles. The first-order valence-electron chi connectivity index (χ1n) is 12.9. The first-order valence-corrected chi connectivity index (χ1v) is 12.9. The number of rotatable bonds is 6. The molecule has 0 heterocycles. The summed E-state index contributed by atoms with van der Waals surface area (Å²) < 4.78 is 5.72. The number of hydrogen-bond acceptors (Lipinski definition) is 4. The summed E-state index contributed by atoms with van der Waals surface area (Å²) in [4.78, 5) is 23.1. The van der Waals surface area contributed by atoms with Gasteiger partial charge in [0.05, 0.1) is 0 Å². The molecular weight excluding hydrogens is 402 g/mol. The molecule has 4 aliphatic rings. The maximum atomic E-state index is 12.0. The molecule has 0 radical (unpaired) electrons. The van der Waals surface area contributed by atoms with Crippen molar-refractivity contribution in [3.05, 3.63) is 12.2 Å². The van der Waals surface area contributed by atoms with E-state index in [1.165, 1.54) is 25.7 Å². The van der Waals surface area contributed by atoms with Gasteiger partial charge in [-0.1, -0.05) is 32.9 Å². The summed E-state index contributed by atoms with van der Waals surface area (Å²) in [5.74, 6) is 2.74. The molecule has 0 aliphatic heterocycles. The molecule has 5 nitrogen and oxygen atoms in total. The van der Waals surface area contributed by atoms with Gasteiger partial charge in [-0.25, -0.2) is 0 Å². The van der Waals surface area contributed by atoms with Gasteiger partial charge in [0, 0.05) is 6.42 Å². The number of fused-ring (bicyclic) bond motifs is 5. The zero-order chi connectivity index (χ0) is 23.3. The van der Waals surface area contributed by atoms with E-state index in [0.717, 1.165) is 31.6 Å².